The maximum atomic E-state index is 12.7. The van der Waals surface area contributed by atoms with Gasteiger partial charge in [-0.3, -0.25) is 14.5 Å². The third kappa shape index (κ3) is 3.98. The average Bonchev–Trinajstić information content (AvgIpc) is 3.12. The molecule has 3 aromatic rings. The van der Waals surface area contributed by atoms with Gasteiger partial charge in [0.15, 0.2) is 0 Å². The molecule has 4 rings (SSSR count). The Hall–Kier alpha value is -3.05. The number of hydrogen-bond donors (Lipinski definition) is 1. The molecular formula is C25H24N2O2S. The van der Waals surface area contributed by atoms with Gasteiger partial charge in [-0.2, -0.15) is 0 Å². The fourth-order valence-corrected chi connectivity index (χ4v) is 4.74. The predicted octanol–water partition coefficient (Wildman–Crippen LogP) is 5.64. The Labute approximate surface area is 181 Å². The lowest BCUT2D eigenvalue weighted by atomic mass is 10.1. The first kappa shape index (κ1) is 20.2. The van der Waals surface area contributed by atoms with E-state index in [1.807, 2.05) is 72.5 Å². The van der Waals surface area contributed by atoms with E-state index >= 15 is 0 Å². The Morgan fingerprint density at radius 3 is 2.37 bits per heavy atom. The minimum Gasteiger partial charge on any atom is -0.322 e. The maximum absolute atomic E-state index is 12.7. The molecule has 4 nitrogen and oxygen atoms in total. The number of amides is 2. The lowest BCUT2D eigenvalue weighted by Gasteiger charge is -2.26. The van der Waals surface area contributed by atoms with Crippen molar-refractivity contribution in [2.75, 3.05) is 16.0 Å². The van der Waals surface area contributed by atoms with E-state index in [0.717, 1.165) is 28.1 Å². The normalized spacial score (nSPS) is 16.0. The highest BCUT2D eigenvalue weighted by Gasteiger charge is 2.34. The second-order valence-electron chi connectivity index (χ2n) is 7.59. The van der Waals surface area contributed by atoms with Crippen LogP contribution in [0.1, 0.15) is 38.0 Å². The molecule has 0 spiro atoms. The third-order valence-electron chi connectivity index (χ3n) is 5.47. The number of thioether (sulfide) groups is 1. The fraction of sp³-hybridized carbons (Fsp3) is 0.200. The molecule has 0 aromatic heterocycles. The molecular weight excluding hydrogens is 392 g/mol. The van der Waals surface area contributed by atoms with Crippen LogP contribution in [-0.2, 0) is 4.79 Å². The van der Waals surface area contributed by atoms with Gasteiger partial charge in [-0.25, -0.2) is 0 Å². The molecule has 1 unspecified atom stereocenters. The Balaban J connectivity index is 1.54. The molecule has 1 saturated heterocycles. The molecule has 0 aliphatic carbocycles. The molecule has 1 N–H and O–H groups in total. The van der Waals surface area contributed by atoms with E-state index in [1.165, 1.54) is 5.56 Å². The lowest BCUT2D eigenvalue weighted by Crippen LogP contribution is -2.28. The summed E-state index contributed by atoms with van der Waals surface area (Å²) < 4.78 is 0. The van der Waals surface area contributed by atoms with Crippen LogP contribution in [0.25, 0.3) is 0 Å². The highest BCUT2D eigenvalue weighted by Crippen LogP contribution is 2.43. The molecule has 1 aliphatic rings. The Morgan fingerprint density at radius 2 is 1.67 bits per heavy atom. The van der Waals surface area contributed by atoms with Gasteiger partial charge in [0.25, 0.3) is 5.91 Å². The number of hydrogen-bond acceptors (Lipinski definition) is 3. The summed E-state index contributed by atoms with van der Waals surface area (Å²) in [5, 5.41) is 2.87. The van der Waals surface area contributed by atoms with Crippen molar-refractivity contribution in [1.82, 2.24) is 0 Å². The number of carbonyl (C=O) groups is 2. The number of nitrogens with one attached hydrogen (secondary N) is 1. The zero-order chi connectivity index (χ0) is 21.3. The van der Waals surface area contributed by atoms with Crippen LogP contribution < -0.4 is 10.2 Å². The van der Waals surface area contributed by atoms with Crippen LogP contribution >= 0.6 is 11.8 Å². The molecule has 1 heterocycles. The molecule has 0 bridgehead atoms. The largest absolute Gasteiger partial charge is 0.322 e. The molecule has 1 atom stereocenters. The van der Waals surface area contributed by atoms with Crippen LogP contribution in [0.2, 0.25) is 0 Å². The summed E-state index contributed by atoms with van der Waals surface area (Å²) in [6, 6.07) is 21.3. The smallest absolute Gasteiger partial charge is 0.255 e. The highest BCUT2D eigenvalue weighted by atomic mass is 32.2. The second-order valence-corrected chi connectivity index (χ2v) is 8.66. The van der Waals surface area contributed by atoms with E-state index in [1.54, 1.807) is 11.8 Å². The van der Waals surface area contributed by atoms with Crippen LogP contribution in [0.4, 0.5) is 11.4 Å². The summed E-state index contributed by atoms with van der Waals surface area (Å²) in [5.74, 6) is 0.449. The van der Waals surface area contributed by atoms with Crippen molar-refractivity contribution in [3.05, 3.63) is 94.5 Å². The molecule has 1 aliphatic heterocycles. The zero-order valence-corrected chi connectivity index (χ0v) is 18.1. The number of rotatable bonds is 4. The molecule has 2 amide bonds. The van der Waals surface area contributed by atoms with Crippen molar-refractivity contribution in [2.45, 2.75) is 26.1 Å². The average molecular weight is 417 g/mol. The van der Waals surface area contributed by atoms with Crippen molar-refractivity contribution in [2.24, 2.45) is 0 Å². The summed E-state index contributed by atoms with van der Waals surface area (Å²) >= 11 is 1.63. The van der Waals surface area contributed by atoms with Crippen LogP contribution in [0, 0.1) is 20.8 Å². The monoisotopic (exact) mass is 416 g/mol. The van der Waals surface area contributed by atoms with Crippen LogP contribution in [0.3, 0.4) is 0 Å². The molecule has 152 valence electrons. The SMILES string of the molecule is Cc1ccc(C(=O)Nc2ccc(C3SCC(=O)N3c3cccc(C)c3C)cc2)cc1. The van der Waals surface area contributed by atoms with Crippen LogP contribution in [0.15, 0.2) is 66.7 Å². The summed E-state index contributed by atoms with van der Waals surface area (Å²) in [6.45, 7) is 6.11. The van der Waals surface area contributed by atoms with E-state index in [4.69, 9.17) is 0 Å². The lowest BCUT2D eigenvalue weighted by molar-refractivity contribution is -0.115. The van der Waals surface area contributed by atoms with Gasteiger partial charge in [-0.1, -0.05) is 42.0 Å². The molecule has 5 heteroatoms. The van der Waals surface area contributed by atoms with Gasteiger partial charge in [0.05, 0.1) is 5.75 Å². The van der Waals surface area contributed by atoms with Crippen molar-refractivity contribution in [1.29, 1.82) is 0 Å². The van der Waals surface area contributed by atoms with E-state index < -0.39 is 0 Å². The molecule has 3 aromatic carbocycles. The predicted molar refractivity (Wildman–Crippen MR) is 124 cm³/mol. The van der Waals surface area contributed by atoms with Gasteiger partial charge in [0, 0.05) is 16.9 Å². The van der Waals surface area contributed by atoms with Gasteiger partial charge in [-0.15, -0.1) is 11.8 Å². The Bertz CT molecular complexity index is 1090. The van der Waals surface area contributed by atoms with E-state index in [9.17, 15) is 9.59 Å². The van der Waals surface area contributed by atoms with Gasteiger partial charge in [0.1, 0.15) is 5.37 Å². The van der Waals surface area contributed by atoms with Crippen molar-refractivity contribution >= 4 is 35.0 Å². The van der Waals surface area contributed by atoms with Gasteiger partial charge >= 0.3 is 0 Å². The number of anilines is 2. The molecule has 0 saturated carbocycles. The topological polar surface area (TPSA) is 49.4 Å². The number of aryl methyl sites for hydroxylation is 2. The molecule has 1 fully saturated rings. The maximum Gasteiger partial charge on any atom is 0.255 e. The van der Waals surface area contributed by atoms with Crippen molar-refractivity contribution in [3.63, 3.8) is 0 Å². The minimum atomic E-state index is -0.134. The molecule has 30 heavy (non-hydrogen) atoms. The minimum absolute atomic E-state index is 0.0696. The van der Waals surface area contributed by atoms with Crippen molar-refractivity contribution < 1.29 is 9.59 Å². The summed E-state index contributed by atoms with van der Waals surface area (Å²) in [7, 11) is 0. The second kappa shape index (κ2) is 8.36. The van der Waals surface area contributed by atoms with Crippen molar-refractivity contribution in [3.8, 4) is 0 Å². The van der Waals surface area contributed by atoms with Gasteiger partial charge in [-0.05, 0) is 67.8 Å². The van der Waals surface area contributed by atoms with E-state index in [-0.39, 0.29) is 17.2 Å². The van der Waals surface area contributed by atoms with Gasteiger partial charge < -0.3 is 5.32 Å². The Kier molecular flexibility index (Phi) is 5.64. The quantitative estimate of drug-likeness (QED) is 0.598. The first-order valence-electron chi connectivity index (χ1n) is 9.92. The zero-order valence-electron chi connectivity index (χ0n) is 17.3. The number of carbonyl (C=O) groups excluding carboxylic acids is 2. The number of nitrogens with zero attached hydrogens (tertiary/aromatic N) is 1. The molecule has 0 radical (unpaired) electrons. The fourth-order valence-electron chi connectivity index (χ4n) is 3.57. The summed E-state index contributed by atoms with van der Waals surface area (Å²) in [5.41, 5.74) is 6.78. The standard InChI is InChI=1S/C25H24N2O2S/c1-16-7-9-19(10-8-16)24(29)26-21-13-11-20(12-14-21)25-27(23(28)15-30-25)22-6-4-5-17(2)18(22)3/h4-14,25H,15H2,1-3H3,(H,26,29). The first-order chi connectivity index (χ1) is 14.4. The summed E-state index contributed by atoms with van der Waals surface area (Å²) in [6.07, 6.45) is 0. The Morgan fingerprint density at radius 1 is 0.967 bits per heavy atom. The van der Waals surface area contributed by atoms with Crippen LogP contribution in [-0.4, -0.2) is 17.6 Å². The van der Waals surface area contributed by atoms with Crippen LogP contribution in [0.5, 0.6) is 0 Å². The number of benzene rings is 3. The van der Waals surface area contributed by atoms with Gasteiger partial charge in [0.2, 0.25) is 5.91 Å². The highest BCUT2D eigenvalue weighted by molar-refractivity contribution is 8.00. The van der Waals surface area contributed by atoms with E-state index in [0.29, 0.717) is 11.3 Å². The summed E-state index contributed by atoms with van der Waals surface area (Å²) in [4.78, 5) is 27.0. The third-order valence-corrected chi connectivity index (χ3v) is 6.68. The van der Waals surface area contributed by atoms with E-state index in [2.05, 4.69) is 25.2 Å². The first-order valence-corrected chi connectivity index (χ1v) is 11.0.